The summed E-state index contributed by atoms with van der Waals surface area (Å²) in [6, 6.07) is 9.98. The zero-order chi connectivity index (χ0) is 12.9. The van der Waals surface area contributed by atoms with Crippen molar-refractivity contribution in [3.8, 4) is 11.8 Å². The highest BCUT2D eigenvalue weighted by molar-refractivity contribution is 5.51. The number of benzene rings is 1. The second-order valence-electron chi connectivity index (χ2n) is 4.90. The molecule has 3 heteroatoms. The van der Waals surface area contributed by atoms with Gasteiger partial charge in [0.25, 0.3) is 0 Å². The van der Waals surface area contributed by atoms with Crippen LogP contribution in [0.2, 0.25) is 0 Å². The van der Waals surface area contributed by atoms with Crippen molar-refractivity contribution in [3.05, 3.63) is 24.3 Å². The van der Waals surface area contributed by atoms with E-state index in [-0.39, 0.29) is 0 Å². The van der Waals surface area contributed by atoms with Crippen molar-refractivity contribution in [2.75, 3.05) is 12.4 Å². The number of nitrogens with zero attached hydrogens (tertiary/aromatic N) is 1. The molecule has 0 aliphatic carbocycles. The SMILES string of the molecule is COc1cccc(NC(C)(C#N)CC(C)C)c1. The van der Waals surface area contributed by atoms with Crippen LogP contribution in [0.1, 0.15) is 27.2 Å². The molecule has 1 unspecified atom stereocenters. The lowest BCUT2D eigenvalue weighted by Crippen LogP contribution is -2.34. The molecule has 0 spiro atoms. The van der Waals surface area contributed by atoms with Crippen LogP contribution in [0.25, 0.3) is 0 Å². The second kappa shape index (κ2) is 5.58. The van der Waals surface area contributed by atoms with E-state index >= 15 is 0 Å². The Labute approximate surface area is 103 Å². The first-order valence-corrected chi connectivity index (χ1v) is 5.82. The highest BCUT2D eigenvalue weighted by Crippen LogP contribution is 2.24. The zero-order valence-corrected chi connectivity index (χ0v) is 10.9. The molecular formula is C14H20N2O. The molecule has 0 aliphatic heterocycles. The van der Waals surface area contributed by atoms with Crippen molar-refractivity contribution in [2.45, 2.75) is 32.7 Å². The lowest BCUT2D eigenvalue weighted by Gasteiger charge is -2.26. The summed E-state index contributed by atoms with van der Waals surface area (Å²) < 4.78 is 5.16. The molecule has 1 N–H and O–H groups in total. The molecule has 0 aromatic heterocycles. The highest BCUT2D eigenvalue weighted by atomic mass is 16.5. The van der Waals surface area contributed by atoms with E-state index in [0.717, 1.165) is 17.9 Å². The summed E-state index contributed by atoms with van der Waals surface area (Å²) in [7, 11) is 1.64. The molecule has 0 saturated carbocycles. The largest absolute Gasteiger partial charge is 0.497 e. The van der Waals surface area contributed by atoms with Crippen molar-refractivity contribution in [1.29, 1.82) is 5.26 Å². The molecule has 0 heterocycles. The van der Waals surface area contributed by atoms with E-state index in [0.29, 0.717) is 5.92 Å². The molecule has 0 fully saturated rings. The predicted molar refractivity (Wildman–Crippen MR) is 70.1 cm³/mol. The Hall–Kier alpha value is -1.69. The molecule has 0 radical (unpaired) electrons. The Balaban J connectivity index is 2.84. The Kier molecular flexibility index (Phi) is 4.39. The predicted octanol–water partition coefficient (Wildman–Crippen LogP) is 3.44. The van der Waals surface area contributed by atoms with Gasteiger partial charge in [0, 0.05) is 11.8 Å². The van der Waals surface area contributed by atoms with Gasteiger partial charge in [0.15, 0.2) is 0 Å². The first kappa shape index (κ1) is 13.4. The summed E-state index contributed by atoms with van der Waals surface area (Å²) in [5, 5.41) is 12.5. The lowest BCUT2D eigenvalue weighted by atomic mass is 9.92. The number of ether oxygens (including phenoxy) is 1. The van der Waals surface area contributed by atoms with Crippen molar-refractivity contribution in [2.24, 2.45) is 5.92 Å². The fourth-order valence-corrected chi connectivity index (χ4v) is 1.96. The van der Waals surface area contributed by atoms with Crippen LogP contribution in [-0.4, -0.2) is 12.6 Å². The van der Waals surface area contributed by atoms with Gasteiger partial charge in [0.2, 0.25) is 0 Å². The van der Waals surface area contributed by atoms with Crippen molar-refractivity contribution in [3.63, 3.8) is 0 Å². The summed E-state index contributed by atoms with van der Waals surface area (Å²) in [6.07, 6.45) is 0.806. The number of methoxy groups -OCH3 is 1. The van der Waals surface area contributed by atoms with Crippen LogP contribution in [0.5, 0.6) is 5.75 Å². The molecular weight excluding hydrogens is 212 g/mol. The van der Waals surface area contributed by atoms with Crippen LogP contribution >= 0.6 is 0 Å². The second-order valence-corrected chi connectivity index (χ2v) is 4.90. The summed E-state index contributed by atoms with van der Waals surface area (Å²) in [4.78, 5) is 0. The molecule has 1 rings (SSSR count). The number of nitriles is 1. The molecule has 0 saturated heterocycles. The minimum absolute atomic E-state index is 0.470. The minimum atomic E-state index is -0.541. The first-order chi connectivity index (χ1) is 7.99. The van der Waals surface area contributed by atoms with Crippen LogP contribution in [0, 0.1) is 17.2 Å². The van der Waals surface area contributed by atoms with Gasteiger partial charge in [-0.15, -0.1) is 0 Å². The van der Waals surface area contributed by atoms with Gasteiger partial charge in [-0.2, -0.15) is 5.26 Å². The molecule has 3 nitrogen and oxygen atoms in total. The van der Waals surface area contributed by atoms with Crippen LogP contribution in [0.4, 0.5) is 5.69 Å². The average Bonchev–Trinajstić information content (AvgIpc) is 2.28. The lowest BCUT2D eigenvalue weighted by molar-refractivity contribution is 0.414. The number of hydrogen-bond acceptors (Lipinski definition) is 3. The number of anilines is 1. The molecule has 1 aromatic rings. The van der Waals surface area contributed by atoms with E-state index in [2.05, 4.69) is 25.2 Å². The fourth-order valence-electron chi connectivity index (χ4n) is 1.96. The van der Waals surface area contributed by atoms with Crippen LogP contribution in [0.15, 0.2) is 24.3 Å². The number of nitrogens with one attached hydrogen (secondary N) is 1. The smallest absolute Gasteiger partial charge is 0.122 e. The van der Waals surface area contributed by atoms with E-state index in [9.17, 15) is 5.26 Å². The number of hydrogen-bond donors (Lipinski definition) is 1. The van der Waals surface area contributed by atoms with E-state index < -0.39 is 5.54 Å². The third kappa shape index (κ3) is 3.99. The molecule has 0 aliphatic rings. The topological polar surface area (TPSA) is 45.0 Å². The standard InChI is InChI=1S/C14H20N2O/c1-11(2)9-14(3,10-15)16-12-6-5-7-13(8-12)17-4/h5-8,11,16H,9H2,1-4H3. The summed E-state index contributed by atoms with van der Waals surface area (Å²) in [6.45, 7) is 6.15. The average molecular weight is 232 g/mol. The van der Waals surface area contributed by atoms with Gasteiger partial charge in [-0.1, -0.05) is 19.9 Å². The third-order valence-electron chi connectivity index (χ3n) is 2.55. The van der Waals surface area contributed by atoms with Gasteiger partial charge in [-0.3, -0.25) is 0 Å². The molecule has 17 heavy (non-hydrogen) atoms. The maximum Gasteiger partial charge on any atom is 0.122 e. The maximum atomic E-state index is 9.28. The Morgan fingerprint density at radius 1 is 1.47 bits per heavy atom. The third-order valence-corrected chi connectivity index (χ3v) is 2.55. The summed E-state index contributed by atoms with van der Waals surface area (Å²) in [5.74, 6) is 1.26. The normalized spacial score (nSPS) is 13.9. The van der Waals surface area contributed by atoms with Gasteiger partial charge in [-0.25, -0.2) is 0 Å². The zero-order valence-electron chi connectivity index (χ0n) is 10.9. The van der Waals surface area contributed by atoms with E-state index in [1.54, 1.807) is 7.11 Å². The van der Waals surface area contributed by atoms with Gasteiger partial charge in [-0.05, 0) is 31.4 Å². The molecule has 0 amide bonds. The summed E-state index contributed by atoms with van der Waals surface area (Å²) in [5.41, 5.74) is 0.370. The van der Waals surface area contributed by atoms with E-state index in [1.165, 1.54) is 0 Å². The molecule has 1 aromatic carbocycles. The highest BCUT2D eigenvalue weighted by Gasteiger charge is 2.24. The number of rotatable bonds is 5. The van der Waals surface area contributed by atoms with Crippen LogP contribution in [-0.2, 0) is 0 Å². The molecule has 92 valence electrons. The van der Waals surface area contributed by atoms with Crippen LogP contribution in [0.3, 0.4) is 0 Å². The first-order valence-electron chi connectivity index (χ1n) is 5.82. The Morgan fingerprint density at radius 3 is 2.71 bits per heavy atom. The van der Waals surface area contributed by atoms with Crippen molar-refractivity contribution < 1.29 is 4.74 Å². The monoisotopic (exact) mass is 232 g/mol. The van der Waals surface area contributed by atoms with E-state index in [1.807, 2.05) is 31.2 Å². The molecule has 1 atom stereocenters. The van der Waals surface area contributed by atoms with Crippen molar-refractivity contribution >= 4 is 5.69 Å². The van der Waals surface area contributed by atoms with Gasteiger partial charge < -0.3 is 10.1 Å². The van der Waals surface area contributed by atoms with E-state index in [4.69, 9.17) is 4.74 Å². The maximum absolute atomic E-state index is 9.28. The molecule has 0 bridgehead atoms. The fraction of sp³-hybridized carbons (Fsp3) is 0.500. The summed E-state index contributed by atoms with van der Waals surface area (Å²) >= 11 is 0. The van der Waals surface area contributed by atoms with Gasteiger partial charge >= 0.3 is 0 Å². The van der Waals surface area contributed by atoms with Gasteiger partial charge in [0.05, 0.1) is 13.2 Å². The van der Waals surface area contributed by atoms with Gasteiger partial charge in [0.1, 0.15) is 11.3 Å². The quantitative estimate of drug-likeness (QED) is 0.845. The Morgan fingerprint density at radius 2 is 2.18 bits per heavy atom. The van der Waals surface area contributed by atoms with Crippen molar-refractivity contribution in [1.82, 2.24) is 0 Å². The van der Waals surface area contributed by atoms with Crippen LogP contribution < -0.4 is 10.1 Å². The minimum Gasteiger partial charge on any atom is -0.497 e. The Bertz CT molecular complexity index is 409.